The van der Waals surface area contributed by atoms with E-state index in [1.807, 2.05) is 0 Å². The first-order chi connectivity index (χ1) is 6.37. The Morgan fingerprint density at radius 3 is 2.31 bits per heavy atom. The number of hydrogen-bond donors (Lipinski definition) is 0. The molecule has 0 aromatic heterocycles. The molecule has 2 aliphatic rings. The van der Waals surface area contributed by atoms with E-state index in [-0.39, 0.29) is 0 Å². The van der Waals surface area contributed by atoms with Crippen LogP contribution in [-0.2, 0) is 9.47 Å². The highest BCUT2D eigenvalue weighted by atomic mass is 35.5. The Bertz CT molecular complexity index is 162. The minimum absolute atomic E-state index is 0.408. The van der Waals surface area contributed by atoms with Gasteiger partial charge in [-0.25, -0.2) is 0 Å². The minimum Gasteiger partial charge on any atom is -0.381 e. The lowest BCUT2D eigenvalue weighted by Gasteiger charge is -2.48. The second-order valence-electron chi connectivity index (χ2n) is 4.18. The van der Waals surface area contributed by atoms with Gasteiger partial charge in [-0.3, -0.25) is 0 Å². The van der Waals surface area contributed by atoms with Crippen LogP contribution in [-0.4, -0.2) is 32.3 Å². The van der Waals surface area contributed by atoms with Crippen LogP contribution in [0.1, 0.15) is 19.3 Å². The predicted molar refractivity (Wildman–Crippen MR) is 52.1 cm³/mol. The molecular formula is C10H17ClO2. The van der Waals surface area contributed by atoms with E-state index in [0.717, 1.165) is 44.6 Å². The number of alkyl halides is 1. The van der Waals surface area contributed by atoms with Crippen LogP contribution in [0, 0.1) is 11.3 Å². The summed E-state index contributed by atoms with van der Waals surface area (Å²) in [5.74, 6) is 1.55. The number of halogens is 1. The van der Waals surface area contributed by atoms with Gasteiger partial charge in [0.1, 0.15) is 0 Å². The van der Waals surface area contributed by atoms with Gasteiger partial charge in [-0.2, -0.15) is 0 Å². The molecule has 2 nitrogen and oxygen atoms in total. The summed E-state index contributed by atoms with van der Waals surface area (Å²) in [6, 6.07) is 0. The lowest BCUT2D eigenvalue weighted by Crippen LogP contribution is -2.50. The van der Waals surface area contributed by atoms with Crippen LogP contribution in [0.2, 0.25) is 0 Å². The van der Waals surface area contributed by atoms with Crippen LogP contribution in [0.5, 0.6) is 0 Å². The van der Waals surface area contributed by atoms with E-state index in [9.17, 15) is 0 Å². The van der Waals surface area contributed by atoms with Crippen LogP contribution in [0.3, 0.4) is 0 Å². The van der Waals surface area contributed by atoms with Crippen LogP contribution in [0.15, 0.2) is 0 Å². The zero-order chi connectivity index (χ0) is 9.15. The fourth-order valence-corrected chi connectivity index (χ4v) is 2.82. The van der Waals surface area contributed by atoms with E-state index < -0.39 is 0 Å². The second kappa shape index (κ2) is 4.16. The lowest BCUT2D eigenvalue weighted by molar-refractivity contribution is -0.163. The molecule has 2 fully saturated rings. The van der Waals surface area contributed by atoms with Crippen molar-refractivity contribution in [3.05, 3.63) is 0 Å². The van der Waals surface area contributed by atoms with E-state index in [4.69, 9.17) is 21.1 Å². The maximum absolute atomic E-state index is 5.83. The molecule has 0 unspecified atom stereocenters. The summed E-state index contributed by atoms with van der Waals surface area (Å²) in [6.45, 7) is 3.69. The maximum atomic E-state index is 5.83. The third-order valence-corrected chi connectivity index (χ3v) is 3.65. The number of rotatable bonds is 3. The van der Waals surface area contributed by atoms with Crippen molar-refractivity contribution in [1.82, 2.24) is 0 Å². The Kier molecular flexibility index (Phi) is 3.12. The highest BCUT2D eigenvalue weighted by Gasteiger charge is 2.44. The standard InChI is InChI=1S/C10H17ClO2/c11-4-3-10(7-13-8-10)9-1-5-12-6-2-9/h9H,1-8H2. The van der Waals surface area contributed by atoms with Crippen molar-refractivity contribution in [2.45, 2.75) is 19.3 Å². The van der Waals surface area contributed by atoms with Crippen molar-refractivity contribution in [1.29, 1.82) is 0 Å². The SMILES string of the molecule is ClCCC1(C2CCOCC2)COC1. The van der Waals surface area contributed by atoms with Crippen molar-refractivity contribution >= 4 is 11.6 Å². The highest BCUT2D eigenvalue weighted by Crippen LogP contribution is 2.44. The van der Waals surface area contributed by atoms with Gasteiger partial charge in [0.25, 0.3) is 0 Å². The van der Waals surface area contributed by atoms with E-state index in [1.165, 1.54) is 12.8 Å². The summed E-state index contributed by atoms with van der Waals surface area (Å²) in [7, 11) is 0. The largest absolute Gasteiger partial charge is 0.381 e. The van der Waals surface area contributed by atoms with Gasteiger partial charge in [-0.1, -0.05) is 0 Å². The van der Waals surface area contributed by atoms with Gasteiger partial charge in [0.05, 0.1) is 13.2 Å². The van der Waals surface area contributed by atoms with E-state index in [1.54, 1.807) is 0 Å². The molecule has 0 radical (unpaired) electrons. The molecule has 0 atom stereocenters. The van der Waals surface area contributed by atoms with Gasteiger partial charge in [0.15, 0.2) is 0 Å². The normalized spacial score (nSPS) is 28.4. The molecule has 0 aliphatic carbocycles. The van der Waals surface area contributed by atoms with Crippen LogP contribution in [0.25, 0.3) is 0 Å². The topological polar surface area (TPSA) is 18.5 Å². The predicted octanol–water partition coefficient (Wildman–Crippen LogP) is 2.06. The second-order valence-corrected chi connectivity index (χ2v) is 4.56. The summed E-state index contributed by atoms with van der Waals surface area (Å²) in [6.07, 6.45) is 3.50. The summed E-state index contributed by atoms with van der Waals surface area (Å²) in [5.41, 5.74) is 0.408. The summed E-state index contributed by atoms with van der Waals surface area (Å²) in [5, 5.41) is 0. The molecule has 0 spiro atoms. The van der Waals surface area contributed by atoms with Gasteiger partial charge in [0, 0.05) is 24.5 Å². The zero-order valence-corrected chi connectivity index (χ0v) is 8.68. The smallest absolute Gasteiger partial charge is 0.0547 e. The maximum Gasteiger partial charge on any atom is 0.0547 e. The molecule has 13 heavy (non-hydrogen) atoms. The third kappa shape index (κ3) is 1.85. The molecule has 2 aliphatic heterocycles. The summed E-state index contributed by atoms with van der Waals surface area (Å²) < 4.78 is 10.7. The van der Waals surface area contributed by atoms with Crippen molar-refractivity contribution < 1.29 is 9.47 Å². The van der Waals surface area contributed by atoms with Crippen molar-refractivity contribution in [3.63, 3.8) is 0 Å². The molecule has 2 rings (SSSR count). The monoisotopic (exact) mass is 204 g/mol. The van der Waals surface area contributed by atoms with Crippen LogP contribution in [0.4, 0.5) is 0 Å². The first kappa shape index (κ1) is 9.75. The zero-order valence-electron chi connectivity index (χ0n) is 7.93. The van der Waals surface area contributed by atoms with Gasteiger partial charge in [-0.15, -0.1) is 11.6 Å². The molecule has 0 aromatic carbocycles. The number of hydrogen-bond acceptors (Lipinski definition) is 2. The Hall–Kier alpha value is 0.210. The molecule has 2 heterocycles. The van der Waals surface area contributed by atoms with Gasteiger partial charge < -0.3 is 9.47 Å². The van der Waals surface area contributed by atoms with Crippen molar-refractivity contribution in [3.8, 4) is 0 Å². The Balaban J connectivity index is 1.93. The summed E-state index contributed by atoms with van der Waals surface area (Å²) in [4.78, 5) is 0. The first-order valence-corrected chi connectivity index (χ1v) is 5.62. The molecule has 0 bridgehead atoms. The highest BCUT2D eigenvalue weighted by molar-refractivity contribution is 6.17. The van der Waals surface area contributed by atoms with Crippen LogP contribution >= 0.6 is 11.6 Å². The Morgan fingerprint density at radius 1 is 1.15 bits per heavy atom. The first-order valence-electron chi connectivity index (χ1n) is 5.09. The van der Waals surface area contributed by atoms with E-state index in [2.05, 4.69) is 0 Å². The van der Waals surface area contributed by atoms with Gasteiger partial charge >= 0.3 is 0 Å². The molecular weight excluding hydrogens is 188 g/mol. The van der Waals surface area contributed by atoms with E-state index >= 15 is 0 Å². The summed E-state index contributed by atoms with van der Waals surface area (Å²) >= 11 is 5.83. The molecule has 2 saturated heterocycles. The van der Waals surface area contributed by atoms with Gasteiger partial charge in [-0.05, 0) is 25.2 Å². The fraction of sp³-hybridized carbons (Fsp3) is 1.00. The fourth-order valence-electron chi connectivity index (χ4n) is 2.45. The average molecular weight is 205 g/mol. The molecule has 76 valence electrons. The average Bonchev–Trinajstić information content (AvgIpc) is 2.13. The molecule has 0 aromatic rings. The Morgan fingerprint density at radius 2 is 1.85 bits per heavy atom. The quantitative estimate of drug-likeness (QED) is 0.656. The molecule has 0 N–H and O–H groups in total. The van der Waals surface area contributed by atoms with Crippen molar-refractivity contribution in [2.24, 2.45) is 11.3 Å². The van der Waals surface area contributed by atoms with Crippen molar-refractivity contribution in [2.75, 3.05) is 32.3 Å². The minimum atomic E-state index is 0.408. The molecule has 0 amide bonds. The molecule has 0 saturated carbocycles. The lowest BCUT2D eigenvalue weighted by atomic mass is 9.68. The van der Waals surface area contributed by atoms with Crippen LogP contribution < -0.4 is 0 Å². The Labute approximate surface area is 84.5 Å². The number of ether oxygens (including phenoxy) is 2. The third-order valence-electron chi connectivity index (χ3n) is 3.46. The van der Waals surface area contributed by atoms with E-state index in [0.29, 0.717) is 5.41 Å². The molecule has 3 heteroatoms. The van der Waals surface area contributed by atoms with Gasteiger partial charge in [0.2, 0.25) is 0 Å².